The van der Waals surface area contributed by atoms with Gasteiger partial charge in [0.15, 0.2) is 0 Å². The molecule has 9 heteroatoms. The summed E-state index contributed by atoms with van der Waals surface area (Å²) in [5, 5.41) is 14.6. The molecule has 0 radical (unpaired) electrons. The molecule has 0 amide bonds. The fourth-order valence-electron chi connectivity index (χ4n) is 19.1. The summed E-state index contributed by atoms with van der Waals surface area (Å²) in [6.07, 6.45) is 6.53. The molecule has 0 atom stereocenters. The Labute approximate surface area is 657 Å². The summed E-state index contributed by atoms with van der Waals surface area (Å²) in [7, 11) is 6.41. The Kier molecular flexibility index (Phi) is 17.4. The molecule has 9 nitrogen and oxygen atoms in total. The van der Waals surface area contributed by atoms with Gasteiger partial charge in [-0.3, -0.25) is 0 Å². The van der Waals surface area contributed by atoms with Crippen molar-refractivity contribution in [2.75, 3.05) is 0 Å². The van der Waals surface area contributed by atoms with Gasteiger partial charge in [0, 0.05) is 83.4 Å². The molecule has 0 saturated heterocycles. The lowest BCUT2D eigenvalue weighted by molar-refractivity contribution is -0.665. The number of benzene rings is 10. The van der Waals surface area contributed by atoms with E-state index in [1.807, 2.05) is 0 Å². The Morgan fingerprint density at radius 3 is 0.982 bits per heavy atom. The monoisotopic (exact) mass is 1470 g/mol. The maximum Gasteiger partial charge on any atom is 0.287 e. The quantitative estimate of drug-likeness (QED) is 0.156. The van der Waals surface area contributed by atoms with Crippen molar-refractivity contribution in [2.45, 2.75) is 165 Å². The summed E-state index contributed by atoms with van der Waals surface area (Å²) >= 11 is 0. The number of nitrogens with zero attached hydrogens (tertiary/aromatic N) is 6. The van der Waals surface area contributed by atoms with Crippen molar-refractivity contribution in [3.63, 3.8) is 0 Å². The van der Waals surface area contributed by atoms with Crippen LogP contribution in [0.1, 0.15) is 173 Å². The number of pyridine rings is 3. The van der Waals surface area contributed by atoms with Gasteiger partial charge in [-0.25, -0.2) is 13.7 Å². The van der Waals surface area contributed by atoms with E-state index in [1.165, 1.54) is 159 Å². The van der Waals surface area contributed by atoms with Gasteiger partial charge in [-0.2, -0.15) is 13.7 Å². The van der Waals surface area contributed by atoms with Gasteiger partial charge in [0.2, 0.25) is 0 Å². The SMILES string of the molecule is Cc1c(C(C)(C)C)c2c3ccccc3oc2c2c3ccccc3n(-c3cc(-c4c(C(C)C)cccc4C(C)C)cc[n+]3C)c12.Cc1c(C(C)(C)C)c2c3ccccc3oc2c2c3ccccc3n(-c3cc(C(C)(C)C)cc[n+]3C)c12.Cc1c(C(C)(C)C)c2c3ccccc3oc2c2c3ccccc3n(-c3cccc[n+]3C)c12. The number of fused-ring (bicyclic) bond motifs is 21. The van der Waals surface area contributed by atoms with Gasteiger partial charge in [0.1, 0.15) is 66.6 Å². The summed E-state index contributed by atoms with van der Waals surface area (Å²) in [6, 6.07) is 74.1. The molecular formula is C103H105N6O3+3. The summed E-state index contributed by atoms with van der Waals surface area (Å²) in [5.74, 6) is 4.28. The Hall–Kier alpha value is -11.6. The molecule has 0 unspecified atom stereocenters. The topological polar surface area (TPSA) is 65.9 Å². The fourth-order valence-corrected chi connectivity index (χ4v) is 19.1. The van der Waals surface area contributed by atoms with Gasteiger partial charge in [0.25, 0.3) is 17.5 Å². The number of hydrogen-bond donors (Lipinski definition) is 0. The Bertz CT molecular complexity index is 7030. The second kappa shape index (κ2) is 26.6. The molecule has 9 aromatic heterocycles. The maximum absolute atomic E-state index is 6.80. The molecule has 0 aliphatic heterocycles. The zero-order valence-electron chi connectivity index (χ0n) is 69.4. The van der Waals surface area contributed by atoms with Crippen molar-refractivity contribution >= 4 is 131 Å². The molecule has 0 bridgehead atoms. The van der Waals surface area contributed by atoms with Crippen molar-refractivity contribution in [2.24, 2.45) is 21.1 Å². The van der Waals surface area contributed by atoms with Gasteiger partial charge >= 0.3 is 0 Å². The van der Waals surface area contributed by atoms with Crippen LogP contribution in [0.15, 0.2) is 238 Å². The van der Waals surface area contributed by atoms with Crippen LogP contribution in [0.5, 0.6) is 0 Å². The van der Waals surface area contributed by atoms with Crippen LogP contribution >= 0.6 is 0 Å². The van der Waals surface area contributed by atoms with Crippen LogP contribution in [0.3, 0.4) is 0 Å². The number of furan rings is 3. The van der Waals surface area contributed by atoms with Crippen molar-refractivity contribution < 1.29 is 27.0 Å². The Morgan fingerprint density at radius 1 is 0.304 bits per heavy atom. The minimum absolute atomic E-state index is 0.0384. The molecular weight excluding hydrogens is 1370 g/mol. The molecule has 0 fully saturated rings. The maximum atomic E-state index is 6.80. The van der Waals surface area contributed by atoms with Crippen LogP contribution in [-0.2, 0) is 42.8 Å². The van der Waals surface area contributed by atoms with E-state index >= 15 is 0 Å². The highest BCUT2D eigenvalue weighted by Gasteiger charge is 2.38. The number of aromatic nitrogens is 6. The van der Waals surface area contributed by atoms with Gasteiger partial charge in [-0.1, -0.05) is 226 Å². The van der Waals surface area contributed by atoms with Crippen molar-refractivity contribution in [3.8, 4) is 28.6 Å². The summed E-state index contributed by atoms with van der Waals surface area (Å²) < 4.78 is 34.2. The van der Waals surface area contributed by atoms with Crippen LogP contribution in [0.4, 0.5) is 0 Å². The summed E-state index contributed by atoms with van der Waals surface area (Å²) in [5.41, 5.74) is 27.7. The zero-order chi connectivity index (χ0) is 78.8. The molecule has 0 aliphatic carbocycles. The minimum atomic E-state index is -0.0864. The van der Waals surface area contributed by atoms with Crippen LogP contribution in [0.25, 0.3) is 160 Å². The molecule has 112 heavy (non-hydrogen) atoms. The number of rotatable bonds is 6. The number of hydrogen-bond acceptors (Lipinski definition) is 3. The van der Waals surface area contributed by atoms with Crippen LogP contribution < -0.4 is 13.7 Å². The third-order valence-corrected chi connectivity index (χ3v) is 23.8. The normalized spacial score (nSPS) is 12.7. The van der Waals surface area contributed by atoms with E-state index in [0.29, 0.717) is 11.8 Å². The molecule has 0 N–H and O–H groups in total. The van der Waals surface area contributed by atoms with E-state index in [-0.39, 0.29) is 21.7 Å². The number of aryl methyl sites for hydroxylation is 6. The minimum Gasteiger partial charge on any atom is -0.455 e. The molecule has 0 spiro atoms. The Morgan fingerprint density at radius 2 is 0.625 bits per heavy atom. The molecule has 562 valence electrons. The average molecular weight is 1480 g/mol. The lowest BCUT2D eigenvalue weighted by Crippen LogP contribution is -2.34. The van der Waals surface area contributed by atoms with E-state index in [2.05, 4.69) is 405 Å². The highest BCUT2D eigenvalue weighted by Crippen LogP contribution is 2.52. The standard InChI is InChI=1S/C41H43N2O.C33H35N2O.C29H27N2O/c1-24(2)28-17-14-18-29(25(3)4)35(28)27-21-22-42(9)34(23-27)43-32-19-12-10-15-30(32)37-39(43)26(5)38(41(6,7)8)36-31-16-11-13-20-33(31)44-40(36)37;1-20-29(33(5,6)7)27-23-14-10-12-16-25(23)36-31(27)28-22-13-9-11-15-24(22)35(30(20)28)26-19-21(32(2,3)4)17-18-34(26)8;1-18-26(29(2,3)4)24-20-13-7-9-15-22(20)32-28(24)25-19-12-6-8-14-21(19)31(27(18)25)23-16-10-11-17-30(23)5/h10-25H,1-9H3;9-19H,1-8H3;6-17H,1-5H3/q3*+1. The van der Waals surface area contributed by atoms with E-state index < -0.39 is 0 Å². The molecule has 19 aromatic rings. The van der Waals surface area contributed by atoms with Crippen LogP contribution in [0, 0.1) is 20.8 Å². The highest BCUT2D eigenvalue weighted by molar-refractivity contribution is 6.29. The average Bonchev–Trinajstić information content (AvgIpc) is 1.55. The molecule has 19 rings (SSSR count). The van der Waals surface area contributed by atoms with E-state index in [1.54, 1.807) is 0 Å². The first-order valence-electron chi connectivity index (χ1n) is 40.1. The van der Waals surface area contributed by atoms with Gasteiger partial charge in [-0.05, 0) is 172 Å². The van der Waals surface area contributed by atoms with Crippen molar-refractivity contribution in [1.29, 1.82) is 0 Å². The summed E-state index contributed by atoms with van der Waals surface area (Å²) in [6.45, 7) is 43.8. The van der Waals surface area contributed by atoms with E-state index in [0.717, 1.165) is 51.0 Å². The fraction of sp³-hybridized carbons (Fsp3) is 0.272. The number of para-hydroxylation sites is 6. The van der Waals surface area contributed by atoms with E-state index in [9.17, 15) is 0 Å². The smallest absolute Gasteiger partial charge is 0.287 e. The van der Waals surface area contributed by atoms with Crippen molar-refractivity contribution in [3.05, 3.63) is 275 Å². The second-order valence-electron chi connectivity index (χ2n) is 36.2. The largest absolute Gasteiger partial charge is 0.455 e. The first-order chi connectivity index (χ1) is 53.3. The van der Waals surface area contributed by atoms with Crippen molar-refractivity contribution in [1.82, 2.24) is 13.7 Å². The first kappa shape index (κ1) is 73.3. The van der Waals surface area contributed by atoms with Gasteiger partial charge in [0.05, 0.1) is 55.9 Å². The highest BCUT2D eigenvalue weighted by atomic mass is 16.3. The van der Waals surface area contributed by atoms with E-state index in [4.69, 9.17) is 13.3 Å². The third kappa shape index (κ3) is 11.5. The zero-order valence-corrected chi connectivity index (χ0v) is 69.4. The predicted octanol–water partition coefficient (Wildman–Crippen LogP) is 26.6. The predicted molar refractivity (Wildman–Crippen MR) is 470 cm³/mol. The Balaban J connectivity index is 0.000000124. The molecule has 0 saturated carbocycles. The van der Waals surface area contributed by atoms with Gasteiger partial charge in [-0.15, -0.1) is 0 Å². The molecule has 10 aromatic carbocycles. The lowest BCUT2D eigenvalue weighted by Gasteiger charge is -2.23. The summed E-state index contributed by atoms with van der Waals surface area (Å²) in [4.78, 5) is 0. The third-order valence-electron chi connectivity index (χ3n) is 23.8. The molecule has 9 heterocycles. The molecule has 0 aliphatic rings. The van der Waals surface area contributed by atoms with Crippen LogP contribution in [0.2, 0.25) is 0 Å². The first-order valence-corrected chi connectivity index (χ1v) is 40.1. The van der Waals surface area contributed by atoms with Crippen LogP contribution in [-0.4, -0.2) is 13.7 Å². The van der Waals surface area contributed by atoms with Gasteiger partial charge < -0.3 is 13.3 Å². The lowest BCUT2D eigenvalue weighted by atomic mass is 9.80. The second-order valence-corrected chi connectivity index (χ2v) is 36.2.